The van der Waals surface area contributed by atoms with Gasteiger partial charge in [0.15, 0.2) is 0 Å². The standard InChI is InChI=1S/C73H104FIN12O12/c1-16-47(7)63-71(98)81(11)43-62(90)87-34-31-56(87)69(96)84(14)58(39-48-29-27-46(6)28-30-48)68(95)80(10)42-60(88)76-53(38-49-23-22-25-51(75)37-49)64(91)77-55(40-50-24-18-19-26-52(50)74)67(94)85(15)73(8,9)72(99)78-54(35-44(2)3)66(93)83(13)59(70(97)86-32-20-17-21-33-86)41-61(89)82(12)57(36-45(4)5)65(92)79-63/h18-19,22-30,37,44-45,47,53-59,63H,16-17,20-21,31-36,38-43H2,1-15H3,(H,76,88)(H,77,91)(H,78,99)(H,79,92)/t47-,53-,54-,55-,56?,57-,58-,59-,63-/m0/s1. The molecule has 542 valence electrons. The molecule has 3 aromatic carbocycles. The van der Waals surface area contributed by atoms with Gasteiger partial charge in [-0.15, -0.1) is 0 Å². The van der Waals surface area contributed by atoms with Gasteiger partial charge in [-0.3, -0.25) is 57.5 Å². The Labute approximate surface area is 596 Å². The minimum absolute atomic E-state index is 0.00907. The molecule has 0 aromatic heterocycles. The molecule has 0 aliphatic carbocycles. The molecule has 4 N–H and O–H groups in total. The van der Waals surface area contributed by atoms with Gasteiger partial charge in [0.25, 0.3) is 0 Å². The minimum atomic E-state index is -1.84. The first-order chi connectivity index (χ1) is 46.6. The zero-order valence-electron chi connectivity index (χ0n) is 60.3. The number of aryl methyl sites for hydroxylation is 1. The topological polar surface area (TPSA) is 279 Å². The van der Waals surface area contributed by atoms with E-state index in [1.54, 1.807) is 36.1 Å². The van der Waals surface area contributed by atoms with Gasteiger partial charge in [0.2, 0.25) is 70.9 Å². The van der Waals surface area contributed by atoms with E-state index in [4.69, 9.17) is 0 Å². The summed E-state index contributed by atoms with van der Waals surface area (Å²) in [5, 5.41) is 11.3. The van der Waals surface area contributed by atoms with Crippen molar-refractivity contribution in [3.63, 3.8) is 0 Å². The van der Waals surface area contributed by atoms with Gasteiger partial charge < -0.3 is 60.5 Å². The Hall–Kier alpha value is -8.04. The maximum atomic E-state index is 15.8. The summed E-state index contributed by atoms with van der Waals surface area (Å²) in [5.41, 5.74) is 0.414. The zero-order valence-corrected chi connectivity index (χ0v) is 62.5. The highest BCUT2D eigenvalue weighted by molar-refractivity contribution is 14.1. The first-order valence-corrected chi connectivity index (χ1v) is 35.5. The molecule has 26 heteroatoms. The third-order valence-electron chi connectivity index (χ3n) is 19.6. The number of halogens is 2. The number of nitrogens with one attached hydrogen (secondary N) is 4. The first-order valence-electron chi connectivity index (χ1n) is 34.5. The maximum absolute atomic E-state index is 15.8. The fraction of sp³-hybridized carbons (Fsp3) is 0.589. The Morgan fingerprint density at radius 1 is 0.596 bits per heavy atom. The molecular weight excluding hydrogens is 1380 g/mol. The molecular formula is C73H104FIN12O12. The summed E-state index contributed by atoms with van der Waals surface area (Å²) < 4.78 is 16.6. The van der Waals surface area contributed by atoms with Crippen LogP contribution in [0.1, 0.15) is 129 Å². The van der Waals surface area contributed by atoms with Crippen LogP contribution in [0.2, 0.25) is 0 Å². The van der Waals surface area contributed by atoms with Crippen molar-refractivity contribution in [2.45, 2.75) is 187 Å². The van der Waals surface area contributed by atoms with E-state index in [2.05, 4.69) is 43.9 Å². The number of hydrogen-bond donors (Lipinski definition) is 4. The minimum Gasteiger partial charge on any atom is -0.342 e. The molecule has 0 radical (unpaired) electrons. The summed E-state index contributed by atoms with van der Waals surface area (Å²) in [4.78, 5) is 188. The number of nitrogens with zero attached hydrogens (tertiary/aromatic N) is 8. The van der Waals surface area contributed by atoms with Crippen LogP contribution < -0.4 is 21.3 Å². The Bertz CT molecular complexity index is 3420. The van der Waals surface area contributed by atoms with Gasteiger partial charge in [-0.2, -0.15) is 0 Å². The lowest BCUT2D eigenvalue weighted by molar-refractivity contribution is -0.157. The number of likely N-dealkylation sites (N-methyl/N-ethyl adjacent to an activating group) is 6. The number of hydrogen-bond acceptors (Lipinski definition) is 12. The van der Waals surface area contributed by atoms with E-state index in [0.29, 0.717) is 43.5 Å². The van der Waals surface area contributed by atoms with E-state index >= 15 is 23.6 Å². The van der Waals surface area contributed by atoms with E-state index < -0.39 is 162 Å². The van der Waals surface area contributed by atoms with Crippen LogP contribution in [-0.2, 0) is 76.8 Å². The van der Waals surface area contributed by atoms with Gasteiger partial charge in [0.1, 0.15) is 59.7 Å². The Kier molecular flexibility index (Phi) is 28.9. The lowest BCUT2D eigenvalue weighted by Gasteiger charge is -2.43. The summed E-state index contributed by atoms with van der Waals surface area (Å²) in [6.45, 7) is 15.5. The zero-order chi connectivity index (χ0) is 73.5. The van der Waals surface area contributed by atoms with Crippen LogP contribution in [-0.4, -0.2) is 239 Å². The summed E-state index contributed by atoms with van der Waals surface area (Å²) in [5.74, 6) is -10.0. The van der Waals surface area contributed by atoms with Crippen LogP contribution >= 0.6 is 22.6 Å². The Morgan fingerprint density at radius 2 is 1.23 bits per heavy atom. The molecule has 3 aliphatic rings. The van der Waals surface area contributed by atoms with Crippen molar-refractivity contribution in [2.75, 3.05) is 75.0 Å². The number of carbonyl (C=O) groups excluding carboxylic acids is 12. The van der Waals surface area contributed by atoms with Crippen LogP contribution in [0.4, 0.5) is 4.39 Å². The fourth-order valence-corrected chi connectivity index (χ4v) is 13.2. The molecule has 3 aliphatic heterocycles. The average Bonchev–Trinajstić information content (AvgIpc) is 0.803. The second kappa shape index (κ2) is 35.8. The SMILES string of the molecule is CC[C@H](C)[C@@H]1NC(=O)[C@H](CC(C)C)N(C)C(=O)C[C@@H](C(=O)N2CCCCC2)N(C)C(=O)[C@H](CC(C)C)NC(=O)C(C)(C)N(C)C(=O)[C@H](Cc2ccccc2F)NC(=O)[C@H](Cc2cccc(I)c2)NC(=O)CN(C)C(=O)[C@H](Cc2ccc(C)cc2)N(C)C(=O)C2CCN2C(=O)CN(C)C1=O. The number of amides is 12. The average molecular weight is 1490 g/mol. The van der Waals surface area contributed by atoms with Gasteiger partial charge in [0, 0.05) is 84.8 Å². The number of rotatable bonds is 13. The maximum Gasteiger partial charge on any atom is 0.246 e. The molecule has 3 heterocycles. The third-order valence-corrected chi connectivity index (χ3v) is 20.2. The van der Waals surface area contributed by atoms with E-state index in [0.717, 1.165) is 30.3 Å². The molecule has 3 aromatic rings. The number of likely N-dealkylation sites (tertiary alicyclic amines) is 1. The summed E-state index contributed by atoms with van der Waals surface area (Å²) in [6.07, 6.45) is 1.84. The first kappa shape index (κ1) is 79.9. The predicted octanol–water partition coefficient (Wildman–Crippen LogP) is 4.50. The third kappa shape index (κ3) is 21.0. The monoisotopic (exact) mass is 1490 g/mol. The van der Waals surface area contributed by atoms with Crippen LogP contribution in [0, 0.1) is 34.1 Å². The molecule has 0 saturated carbocycles. The van der Waals surface area contributed by atoms with Crippen molar-refractivity contribution in [1.29, 1.82) is 0 Å². The molecule has 0 spiro atoms. The molecule has 12 amide bonds. The predicted molar refractivity (Wildman–Crippen MR) is 381 cm³/mol. The molecule has 9 atom stereocenters. The van der Waals surface area contributed by atoms with Crippen LogP contribution in [0.25, 0.3) is 0 Å². The fourth-order valence-electron chi connectivity index (χ4n) is 12.6. The van der Waals surface area contributed by atoms with Gasteiger partial charge >= 0.3 is 0 Å². The van der Waals surface area contributed by atoms with Crippen molar-refractivity contribution in [3.05, 3.63) is 104 Å². The van der Waals surface area contributed by atoms with E-state index in [1.165, 1.54) is 93.9 Å². The molecule has 1 unspecified atom stereocenters. The molecule has 6 rings (SSSR count). The number of benzene rings is 3. The molecule has 99 heavy (non-hydrogen) atoms. The number of carbonyl (C=O) groups is 12. The number of fused-ring (bicyclic) bond motifs is 1. The van der Waals surface area contributed by atoms with Gasteiger partial charge in [-0.25, -0.2) is 4.39 Å². The van der Waals surface area contributed by atoms with Crippen molar-refractivity contribution in [2.24, 2.45) is 17.8 Å². The van der Waals surface area contributed by atoms with Gasteiger partial charge in [-0.1, -0.05) is 108 Å². The molecule has 24 nitrogen and oxygen atoms in total. The normalized spacial score (nSPS) is 24.5. The Balaban J connectivity index is 1.45. The van der Waals surface area contributed by atoms with Crippen molar-refractivity contribution in [1.82, 2.24) is 60.5 Å². The summed E-state index contributed by atoms with van der Waals surface area (Å²) in [7, 11) is 8.36. The highest BCUT2D eigenvalue weighted by Gasteiger charge is 2.46. The van der Waals surface area contributed by atoms with Gasteiger partial charge in [-0.05, 0) is 135 Å². The smallest absolute Gasteiger partial charge is 0.246 e. The quantitative estimate of drug-likeness (QED) is 0.172. The van der Waals surface area contributed by atoms with Gasteiger partial charge in [0.05, 0.1) is 19.5 Å². The highest BCUT2D eigenvalue weighted by atomic mass is 127. The summed E-state index contributed by atoms with van der Waals surface area (Å²) in [6, 6.07) is 9.62. The van der Waals surface area contributed by atoms with E-state index in [9.17, 15) is 38.4 Å². The largest absolute Gasteiger partial charge is 0.342 e. The van der Waals surface area contributed by atoms with E-state index in [-0.39, 0.29) is 56.0 Å². The van der Waals surface area contributed by atoms with Crippen molar-refractivity contribution in [3.8, 4) is 0 Å². The van der Waals surface area contributed by atoms with E-state index in [1.807, 2.05) is 71.9 Å². The summed E-state index contributed by atoms with van der Waals surface area (Å²) >= 11 is 2.11. The van der Waals surface area contributed by atoms with Crippen molar-refractivity contribution < 1.29 is 61.9 Å². The number of piperidine rings is 1. The molecule has 3 saturated heterocycles. The second-order valence-electron chi connectivity index (χ2n) is 28.4. The van der Waals surface area contributed by atoms with Crippen LogP contribution in [0.5, 0.6) is 0 Å². The molecule has 0 bridgehead atoms. The molecule has 3 fully saturated rings. The van der Waals surface area contributed by atoms with Crippen LogP contribution in [0.15, 0.2) is 72.8 Å². The Morgan fingerprint density at radius 3 is 1.83 bits per heavy atom. The van der Waals surface area contributed by atoms with Crippen molar-refractivity contribution >= 4 is 93.5 Å². The second-order valence-corrected chi connectivity index (χ2v) is 29.7. The lowest BCUT2D eigenvalue weighted by atomic mass is 9.95. The van der Waals surface area contributed by atoms with Crippen LogP contribution in [0.3, 0.4) is 0 Å². The lowest BCUT2D eigenvalue weighted by Crippen LogP contribution is -2.64. The highest BCUT2D eigenvalue weighted by Crippen LogP contribution is 2.26.